The second-order valence-corrected chi connectivity index (χ2v) is 6.45. The highest BCUT2D eigenvalue weighted by atomic mass is 79.9. The summed E-state index contributed by atoms with van der Waals surface area (Å²) in [4.78, 5) is 0. The van der Waals surface area contributed by atoms with Crippen LogP contribution in [0.4, 0.5) is 5.69 Å². The highest BCUT2D eigenvalue weighted by Gasteiger charge is 2.11. The maximum atomic E-state index is 6.26. The minimum Gasteiger partial charge on any atom is -0.378 e. The van der Waals surface area contributed by atoms with Crippen molar-refractivity contribution in [1.29, 1.82) is 0 Å². The predicted octanol–water partition coefficient (Wildman–Crippen LogP) is 6.49. The SMILES string of the molecule is CCc1cc(Br)ccc1NC(C)c1ccc(Cl)cc1Cl. The van der Waals surface area contributed by atoms with Gasteiger partial charge in [-0.3, -0.25) is 0 Å². The second-order valence-electron chi connectivity index (χ2n) is 4.69. The lowest BCUT2D eigenvalue weighted by molar-refractivity contribution is 0.879. The molecular formula is C16H16BrCl2N. The van der Waals surface area contributed by atoms with Crippen LogP contribution in [0.15, 0.2) is 40.9 Å². The van der Waals surface area contributed by atoms with E-state index in [0.717, 1.165) is 22.1 Å². The van der Waals surface area contributed by atoms with E-state index in [9.17, 15) is 0 Å². The van der Waals surface area contributed by atoms with Gasteiger partial charge in [-0.1, -0.05) is 52.1 Å². The van der Waals surface area contributed by atoms with Crippen LogP contribution in [0, 0.1) is 0 Å². The van der Waals surface area contributed by atoms with Crippen molar-refractivity contribution in [2.75, 3.05) is 5.32 Å². The Bertz CT molecular complexity index is 613. The summed E-state index contributed by atoms with van der Waals surface area (Å²) in [6, 6.07) is 12.0. The van der Waals surface area contributed by atoms with Crippen LogP contribution in [0.5, 0.6) is 0 Å². The Kier molecular flexibility index (Phi) is 5.36. The molecule has 2 aromatic rings. The molecule has 1 atom stereocenters. The molecule has 2 rings (SSSR count). The van der Waals surface area contributed by atoms with Crippen molar-refractivity contribution in [2.24, 2.45) is 0 Å². The van der Waals surface area contributed by atoms with E-state index in [4.69, 9.17) is 23.2 Å². The second kappa shape index (κ2) is 6.84. The van der Waals surface area contributed by atoms with Crippen LogP contribution < -0.4 is 5.32 Å². The van der Waals surface area contributed by atoms with Crippen molar-refractivity contribution in [3.63, 3.8) is 0 Å². The summed E-state index contributed by atoms with van der Waals surface area (Å²) in [6.07, 6.45) is 0.975. The lowest BCUT2D eigenvalue weighted by atomic mass is 10.1. The van der Waals surface area contributed by atoms with E-state index in [-0.39, 0.29) is 6.04 Å². The molecule has 0 fully saturated rings. The standard InChI is InChI=1S/C16H16BrCl2N/c1-3-11-8-12(17)4-7-16(11)20-10(2)14-6-5-13(18)9-15(14)19/h4-10,20H,3H2,1-2H3. The van der Waals surface area contributed by atoms with Crippen LogP contribution in [0.25, 0.3) is 0 Å². The molecule has 2 aromatic carbocycles. The van der Waals surface area contributed by atoms with E-state index in [1.165, 1.54) is 5.56 Å². The van der Waals surface area contributed by atoms with Gasteiger partial charge in [0.2, 0.25) is 0 Å². The lowest BCUT2D eigenvalue weighted by Gasteiger charge is -2.19. The number of hydrogen-bond donors (Lipinski definition) is 1. The molecular weight excluding hydrogens is 357 g/mol. The number of anilines is 1. The summed E-state index contributed by atoms with van der Waals surface area (Å²) in [5.41, 5.74) is 3.45. The van der Waals surface area contributed by atoms with E-state index in [0.29, 0.717) is 10.0 Å². The number of aryl methyl sites for hydroxylation is 1. The van der Waals surface area contributed by atoms with Crippen LogP contribution in [0.1, 0.15) is 31.0 Å². The van der Waals surface area contributed by atoms with E-state index in [2.05, 4.69) is 47.2 Å². The van der Waals surface area contributed by atoms with Gasteiger partial charge in [-0.2, -0.15) is 0 Å². The fourth-order valence-corrected chi connectivity index (χ4v) is 3.14. The van der Waals surface area contributed by atoms with E-state index >= 15 is 0 Å². The van der Waals surface area contributed by atoms with Crippen molar-refractivity contribution < 1.29 is 0 Å². The summed E-state index contributed by atoms with van der Waals surface area (Å²) in [5, 5.41) is 4.86. The van der Waals surface area contributed by atoms with Crippen LogP contribution in [0.2, 0.25) is 10.0 Å². The molecule has 0 aliphatic heterocycles. The maximum Gasteiger partial charge on any atom is 0.0500 e. The Morgan fingerprint density at radius 1 is 1.15 bits per heavy atom. The van der Waals surface area contributed by atoms with Gasteiger partial charge >= 0.3 is 0 Å². The van der Waals surface area contributed by atoms with Crippen LogP contribution >= 0.6 is 39.1 Å². The third-order valence-corrected chi connectivity index (χ3v) is 4.30. The molecule has 0 aromatic heterocycles. The zero-order valence-electron chi connectivity index (χ0n) is 11.4. The molecule has 0 bridgehead atoms. The molecule has 0 amide bonds. The van der Waals surface area contributed by atoms with E-state index in [1.807, 2.05) is 18.2 Å². The highest BCUT2D eigenvalue weighted by molar-refractivity contribution is 9.10. The van der Waals surface area contributed by atoms with Gasteiger partial charge in [0, 0.05) is 20.2 Å². The quantitative estimate of drug-likeness (QED) is 0.646. The monoisotopic (exact) mass is 371 g/mol. The lowest BCUT2D eigenvalue weighted by Crippen LogP contribution is -2.09. The summed E-state index contributed by atoms with van der Waals surface area (Å²) in [5.74, 6) is 0. The summed E-state index contributed by atoms with van der Waals surface area (Å²) in [7, 11) is 0. The maximum absolute atomic E-state index is 6.26. The first-order valence-electron chi connectivity index (χ1n) is 6.51. The minimum atomic E-state index is 0.117. The van der Waals surface area contributed by atoms with E-state index < -0.39 is 0 Å². The average Bonchev–Trinajstić information content (AvgIpc) is 2.40. The predicted molar refractivity (Wildman–Crippen MR) is 92.0 cm³/mol. The molecule has 0 radical (unpaired) electrons. The average molecular weight is 373 g/mol. The van der Waals surface area contributed by atoms with Crippen molar-refractivity contribution in [3.05, 3.63) is 62.0 Å². The van der Waals surface area contributed by atoms with Crippen LogP contribution in [-0.4, -0.2) is 0 Å². The van der Waals surface area contributed by atoms with Gasteiger partial charge in [-0.25, -0.2) is 0 Å². The Morgan fingerprint density at radius 3 is 2.55 bits per heavy atom. The van der Waals surface area contributed by atoms with E-state index in [1.54, 1.807) is 6.07 Å². The molecule has 0 spiro atoms. The smallest absolute Gasteiger partial charge is 0.0500 e. The first-order chi connectivity index (χ1) is 9.51. The molecule has 0 aliphatic carbocycles. The molecule has 1 N–H and O–H groups in total. The Balaban J connectivity index is 2.25. The van der Waals surface area contributed by atoms with Crippen LogP contribution in [0.3, 0.4) is 0 Å². The number of hydrogen-bond acceptors (Lipinski definition) is 1. The Hall–Kier alpha value is -0.700. The molecule has 106 valence electrons. The first-order valence-corrected chi connectivity index (χ1v) is 8.06. The summed E-state index contributed by atoms with van der Waals surface area (Å²) in [6.45, 7) is 4.24. The third kappa shape index (κ3) is 3.69. The number of nitrogens with one attached hydrogen (secondary N) is 1. The van der Waals surface area contributed by atoms with Crippen LogP contribution in [-0.2, 0) is 6.42 Å². The zero-order valence-corrected chi connectivity index (χ0v) is 14.5. The van der Waals surface area contributed by atoms with Gasteiger partial charge in [0.1, 0.15) is 0 Å². The Morgan fingerprint density at radius 2 is 1.90 bits per heavy atom. The zero-order chi connectivity index (χ0) is 14.7. The number of benzene rings is 2. The van der Waals surface area contributed by atoms with Crippen molar-refractivity contribution in [2.45, 2.75) is 26.3 Å². The highest BCUT2D eigenvalue weighted by Crippen LogP contribution is 2.30. The largest absolute Gasteiger partial charge is 0.378 e. The van der Waals surface area contributed by atoms with Gasteiger partial charge in [-0.15, -0.1) is 0 Å². The van der Waals surface area contributed by atoms with Gasteiger partial charge < -0.3 is 5.32 Å². The van der Waals surface area contributed by atoms with Gasteiger partial charge in [0.25, 0.3) is 0 Å². The fraction of sp³-hybridized carbons (Fsp3) is 0.250. The third-order valence-electron chi connectivity index (χ3n) is 3.25. The molecule has 0 aliphatic rings. The minimum absolute atomic E-state index is 0.117. The molecule has 0 saturated carbocycles. The summed E-state index contributed by atoms with van der Waals surface area (Å²) < 4.78 is 1.09. The van der Waals surface area contributed by atoms with Gasteiger partial charge in [-0.05, 0) is 54.8 Å². The molecule has 0 heterocycles. The van der Waals surface area contributed by atoms with Crippen molar-refractivity contribution in [3.8, 4) is 0 Å². The van der Waals surface area contributed by atoms with Crippen molar-refractivity contribution >= 4 is 44.8 Å². The number of rotatable bonds is 4. The van der Waals surface area contributed by atoms with Gasteiger partial charge in [0.15, 0.2) is 0 Å². The van der Waals surface area contributed by atoms with Crippen molar-refractivity contribution in [1.82, 2.24) is 0 Å². The molecule has 1 unspecified atom stereocenters. The molecule has 1 nitrogen and oxygen atoms in total. The first kappa shape index (κ1) is 15.7. The fourth-order valence-electron chi connectivity index (χ4n) is 2.16. The topological polar surface area (TPSA) is 12.0 Å². The summed E-state index contributed by atoms with van der Waals surface area (Å²) >= 11 is 15.7. The van der Waals surface area contributed by atoms with Gasteiger partial charge in [0.05, 0.1) is 6.04 Å². The Labute approximate surface area is 138 Å². The molecule has 4 heteroatoms. The molecule has 0 saturated heterocycles. The number of halogens is 3. The normalized spacial score (nSPS) is 12.2. The molecule has 20 heavy (non-hydrogen) atoms.